The monoisotopic (exact) mass is 225 g/mol. The van der Waals surface area contributed by atoms with Gasteiger partial charge < -0.3 is 5.32 Å². The van der Waals surface area contributed by atoms with E-state index in [1.807, 2.05) is 0 Å². The molecule has 1 aliphatic rings. The van der Waals surface area contributed by atoms with Crippen molar-refractivity contribution in [2.24, 2.45) is 5.92 Å². The lowest BCUT2D eigenvalue weighted by atomic mass is 9.82. The highest BCUT2D eigenvalue weighted by Crippen LogP contribution is 2.27. The van der Waals surface area contributed by atoms with E-state index in [1.165, 1.54) is 57.8 Å². The van der Waals surface area contributed by atoms with Crippen LogP contribution in [0, 0.1) is 5.92 Å². The standard InChI is InChI=1S/C15H31N/c1-4-7-11-14(6-3)16-15-12-9-8-10-13(15)5-2/h13-16H,4-12H2,1-3H3. The second-order valence-corrected chi connectivity index (χ2v) is 5.47. The molecule has 3 unspecified atom stereocenters. The van der Waals surface area contributed by atoms with Crippen molar-refractivity contribution in [3.63, 3.8) is 0 Å². The van der Waals surface area contributed by atoms with Crippen LogP contribution in [0.25, 0.3) is 0 Å². The maximum absolute atomic E-state index is 3.94. The van der Waals surface area contributed by atoms with Gasteiger partial charge in [0.15, 0.2) is 0 Å². The highest BCUT2D eigenvalue weighted by Gasteiger charge is 2.24. The van der Waals surface area contributed by atoms with Crippen LogP contribution in [0.1, 0.15) is 78.6 Å². The van der Waals surface area contributed by atoms with E-state index in [9.17, 15) is 0 Å². The lowest BCUT2D eigenvalue weighted by Gasteiger charge is -2.34. The van der Waals surface area contributed by atoms with E-state index in [0.717, 1.165) is 18.0 Å². The Bertz CT molecular complexity index is 167. The average molecular weight is 225 g/mol. The molecule has 0 aromatic rings. The van der Waals surface area contributed by atoms with E-state index < -0.39 is 0 Å². The van der Waals surface area contributed by atoms with Gasteiger partial charge in [-0.05, 0) is 31.6 Å². The molecular weight excluding hydrogens is 194 g/mol. The summed E-state index contributed by atoms with van der Waals surface area (Å²) in [5.41, 5.74) is 0. The first-order valence-corrected chi connectivity index (χ1v) is 7.57. The van der Waals surface area contributed by atoms with Crippen LogP contribution in [0.3, 0.4) is 0 Å². The summed E-state index contributed by atoms with van der Waals surface area (Å²) in [5, 5.41) is 3.94. The van der Waals surface area contributed by atoms with Crippen LogP contribution in [0.5, 0.6) is 0 Å². The summed E-state index contributed by atoms with van der Waals surface area (Å²) in [5.74, 6) is 0.949. The van der Waals surface area contributed by atoms with Gasteiger partial charge in [0.25, 0.3) is 0 Å². The summed E-state index contributed by atoms with van der Waals surface area (Å²) in [6.45, 7) is 6.98. The molecule has 0 amide bonds. The summed E-state index contributed by atoms with van der Waals surface area (Å²) >= 11 is 0. The van der Waals surface area contributed by atoms with E-state index in [2.05, 4.69) is 26.1 Å². The van der Waals surface area contributed by atoms with Gasteiger partial charge in [-0.2, -0.15) is 0 Å². The first-order chi connectivity index (χ1) is 7.81. The van der Waals surface area contributed by atoms with Crippen molar-refractivity contribution >= 4 is 0 Å². The Labute approximate surface area is 102 Å². The van der Waals surface area contributed by atoms with E-state index in [0.29, 0.717) is 0 Å². The Hall–Kier alpha value is -0.0400. The summed E-state index contributed by atoms with van der Waals surface area (Å²) < 4.78 is 0. The third kappa shape index (κ3) is 4.45. The summed E-state index contributed by atoms with van der Waals surface area (Å²) in [6.07, 6.45) is 12.5. The van der Waals surface area contributed by atoms with E-state index in [1.54, 1.807) is 0 Å². The topological polar surface area (TPSA) is 12.0 Å². The molecule has 1 rings (SSSR count). The zero-order valence-electron chi connectivity index (χ0n) is 11.6. The first kappa shape index (κ1) is 14.0. The Balaban J connectivity index is 2.35. The summed E-state index contributed by atoms with van der Waals surface area (Å²) in [7, 11) is 0. The molecule has 96 valence electrons. The third-order valence-corrected chi connectivity index (χ3v) is 4.28. The minimum Gasteiger partial charge on any atom is -0.311 e. The van der Waals surface area contributed by atoms with Crippen LogP contribution in [-0.2, 0) is 0 Å². The Morgan fingerprint density at radius 3 is 2.50 bits per heavy atom. The first-order valence-electron chi connectivity index (χ1n) is 7.57. The molecule has 1 fully saturated rings. The molecule has 0 aliphatic heterocycles. The van der Waals surface area contributed by atoms with E-state index in [4.69, 9.17) is 0 Å². The zero-order chi connectivity index (χ0) is 11.8. The highest BCUT2D eigenvalue weighted by atomic mass is 15.0. The lowest BCUT2D eigenvalue weighted by molar-refractivity contribution is 0.229. The van der Waals surface area contributed by atoms with Gasteiger partial charge in [-0.15, -0.1) is 0 Å². The van der Waals surface area contributed by atoms with Gasteiger partial charge in [-0.1, -0.05) is 52.9 Å². The van der Waals surface area contributed by atoms with Crippen molar-refractivity contribution in [3.05, 3.63) is 0 Å². The minimum absolute atomic E-state index is 0.775. The van der Waals surface area contributed by atoms with Crippen LogP contribution in [-0.4, -0.2) is 12.1 Å². The van der Waals surface area contributed by atoms with Gasteiger partial charge in [0.05, 0.1) is 0 Å². The van der Waals surface area contributed by atoms with Gasteiger partial charge in [-0.3, -0.25) is 0 Å². The molecule has 0 heterocycles. The number of hydrogen-bond donors (Lipinski definition) is 1. The minimum atomic E-state index is 0.775. The van der Waals surface area contributed by atoms with Gasteiger partial charge in [0.2, 0.25) is 0 Å². The molecule has 0 saturated heterocycles. The van der Waals surface area contributed by atoms with Crippen molar-refractivity contribution in [2.75, 3.05) is 0 Å². The van der Waals surface area contributed by atoms with Crippen molar-refractivity contribution < 1.29 is 0 Å². The predicted molar refractivity (Wildman–Crippen MR) is 72.8 cm³/mol. The molecule has 0 aromatic heterocycles. The molecule has 1 N–H and O–H groups in total. The van der Waals surface area contributed by atoms with Crippen LogP contribution < -0.4 is 5.32 Å². The molecule has 1 nitrogen and oxygen atoms in total. The fourth-order valence-electron chi connectivity index (χ4n) is 3.07. The van der Waals surface area contributed by atoms with Crippen molar-refractivity contribution in [1.82, 2.24) is 5.32 Å². The Kier molecular flexibility index (Phi) is 7.11. The molecule has 1 heteroatoms. The van der Waals surface area contributed by atoms with Crippen molar-refractivity contribution in [1.29, 1.82) is 0 Å². The van der Waals surface area contributed by atoms with Gasteiger partial charge >= 0.3 is 0 Å². The summed E-state index contributed by atoms with van der Waals surface area (Å²) in [4.78, 5) is 0. The molecule has 1 aliphatic carbocycles. The smallest absolute Gasteiger partial charge is 0.00978 e. The number of hydrogen-bond acceptors (Lipinski definition) is 1. The number of rotatable bonds is 7. The molecule has 0 aromatic carbocycles. The number of unbranched alkanes of at least 4 members (excludes halogenated alkanes) is 1. The molecule has 0 radical (unpaired) electrons. The van der Waals surface area contributed by atoms with E-state index >= 15 is 0 Å². The van der Waals surface area contributed by atoms with Gasteiger partial charge in [-0.25, -0.2) is 0 Å². The van der Waals surface area contributed by atoms with Crippen molar-refractivity contribution in [2.45, 2.75) is 90.6 Å². The molecule has 0 spiro atoms. The largest absolute Gasteiger partial charge is 0.311 e. The van der Waals surface area contributed by atoms with Gasteiger partial charge in [0, 0.05) is 12.1 Å². The molecule has 16 heavy (non-hydrogen) atoms. The van der Waals surface area contributed by atoms with Crippen LogP contribution >= 0.6 is 0 Å². The Morgan fingerprint density at radius 1 is 1.12 bits per heavy atom. The average Bonchev–Trinajstić information content (AvgIpc) is 2.34. The fraction of sp³-hybridized carbons (Fsp3) is 1.00. The molecule has 1 saturated carbocycles. The molecule has 3 atom stereocenters. The maximum Gasteiger partial charge on any atom is 0.00978 e. The maximum atomic E-state index is 3.94. The normalized spacial score (nSPS) is 27.9. The van der Waals surface area contributed by atoms with Crippen LogP contribution in [0.2, 0.25) is 0 Å². The zero-order valence-corrected chi connectivity index (χ0v) is 11.6. The lowest BCUT2D eigenvalue weighted by Crippen LogP contribution is -2.44. The van der Waals surface area contributed by atoms with Gasteiger partial charge in [0.1, 0.15) is 0 Å². The quantitative estimate of drug-likeness (QED) is 0.672. The van der Waals surface area contributed by atoms with E-state index in [-0.39, 0.29) is 0 Å². The molecular formula is C15H31N. The van der Waals surface area contributed by atoms with Crippen molar-refractivity contribution in [3.8, 4) is 0 Å². The SMILES string of the molecule is CCCCC(CC)NC1CCCCC1CC. The predicted octanol–water partition coefficient (Wildman–Crippen LogP) is 4.51. The number of nitrogens with one attached hydrogen (secondary N) is 1. The Morgan fingerprint density at radius 2 is 1.88 bits per heavy atom. The third-order valence-electron chi connectivity index (χ3n) is 4.28. The highest BCUT2D eigenvalue weighted by molar-refractivity contribution is 4.83. The summed E-state index contributed by atoms with van der Waals surface area (Å²) in [6, 6.07) is 1.60. The second kappa shape index (κ2) is 8.11. The second-order valence-electron chi connectivity index (χ2n) is 5.47. The van der Waals surface area contributed by atoms with Crippen LogP contribution in [0.4, 0.5) is 0 Å². The van der Waals surface area contributed by atoms with Crippen LogP contribution in [0.15, 0.2) is 0 Å². The fourth-order valence-corrected chi connectivity index (χ4v) is 3.07. The molecule has 0 bridgehead atoms.